The molecule has 0 saturated carbocycles. The van der Waals surface area contributed by atoms with Gasteiger partial charge in [-0.2, -0.15) is 0 Å². The van der Waals surface area contributed by atoms with Crippen molar-refractivity contribution < 1.29 is 4.42 Å². The van der Waals surface area contributed by atoms with Crippen molar-refractivity contribution in [1.29, 1.82) is 0 Å². The molecule has 1 aromatic heterocycles. The zero-order valence-corrected chi connectivity index (χ0v) is 11.9. The van der Waals surface area contributed by atoms with Crippen molar-refractivity contribution >= 4 is 31.9 Å². The maximum absolute atomic E-state index is 5.24. The molecule has 2 atom stereocenters. The Bertz CT molecular complexity index is 326. The number of hydrogen-bond donors (Lipinski definition) is 0. The lowest BCUT2D eigenvalue weighted by atomic mass is 10.1. The molecule has 0 spiro atoms. The molecule has 0 radical (unpaired) electrons. The van der Waals surface area contributed by atoms with Crippen molar-refractivity contribution in [3.8, 4) is 0 Å². The second kappa shape index (κ2) is 5.02. The van der Waals surface area contributed by atoms with Crippen molar-refractivity contribution in [2.75, 3.05) is 11.9 Å². The normalized spacial score (nSPS) is 27.4. The zero-order chi connectivity index (χ0) is 10.8. The Morgan fingerprint density at radius 2 is 2.40 bits per heavy atom. The van der Waals surface area contributed by atoms with E-state index in [4.69, 9.17) is 4.42 Å². The van der Waals surface area contributed by atoms with Crippen LogP contribution in [0.4, 0.5) is 0 Å². The molecule has 2 nitrogen and oxygen atoms in total. The first-order chi connectivity index (χ1) is 7.20. The molecule has 1 aromatic rings. The fourth-order valence-electron chi connectivity index (χ4n) is 2.17. The van der Waals surface area contributed by atoms with Crippen molar-refractivity contribution in [3.63, 3.8) is 0 Å². The third-order valence-electron chi connectivity index (χ3n) is 3.25. The van der Waals surface area contributed by atoms with E-state index >= 15 is 0 Å². The van der Waals surface area contributed by atoms with Crippen LogP contribution in [0.1, 0.15) is 18.9 Å². The third-order valence-corrected chi connectivity index (χ3v) is 4.50. The van der Waals surface area contributed by atoms with Crippen LogP contribution in [0.3, 0.4) is 0 Å². The highest BCUT2D eigenvalue weighted by Gasteiger charge is 2.29. The van der Waals surface area contributed by atoms with Gasteiger partial charge in [0.2, 0.25) is 0 Å². The van der Waals surface area contributed by atoms with Crippen LogP contribution in [-0.4, -0.2) is 22.8 Å². The Kier molecular flexibility index (Phi) is 3.91. The Labute approximate surface area is 107 Å². The molecule has 15 heavy (non-hydrogen) atoms. The van der Waals surface area contributed by atoms with Crippen LogP contribution in [0.5, 0.6) is 0 Å². The summed E-state index contributed by atoms with van der Waals surface area (Å²) in [5, 5.41) is 1.11. The molecule has 2 unspecified atom stereocenters. The number of likely N-dealkylation sites (tertiary alicyclic amines) is 1. The molecule has 0 aliphatic carbocycles. The zero-order valence-electron chi connectivity index (χ0n) is 8.75. The Hall–Kier alpha value is 0.200. The lowest BCUT2D eigenvalue weighted by Crippen LogP contribution is -2.29. The maximum Gasteiger partial charge on any atom is 0.169 e. The monoisotopic (exact) mass is 335 g/mol. The lowest BCUT2D eigenvalue weighted by Gasteiger charge is -2.22. The average Bonchev–Trinajstić information content (AvgIpc) is 2.76. The fourth-order valence-corrected chi connectivity index (χ4v) is 3.42. The first-order valence-corrected chi connectivity index (χ1v) is 7.15. The molecule has 0 N–H and O–H groups in total. The van der Waals surface area contributed by atoms with E-state index in [-0.39, 0.29) is 0 Å². The van der Waals surface area contributed by atoms with Gasteiger partial charge in [-0.15, -0.1) is 0 Å². The van der Waals surface area contributed by atoms with E-state index in [1.807, 2.05) is 12.3 Å². The SMILES string of the molecule is CC1C(CBr)CCN1Cc1coc(Br)c1. The van der Waals surface area contributed by atoms with E-state index in [0.29, 0.717) is 6.04 Å². The van der Waals surface area contributed by atoms with E-state index in [2.05, 4.69) is 43.7 Å². The highest BCUT2D eigenvalue weighted by molar-refractivity contribution is 9.10. The largest absolute Gasteiger partial charge is 0.457 e. The van der Waals surface area contributed by atoms with E-state index in [9.17, 15) is 0 Å². The Morgan fingerprint density at radius 1 is 1.60 bits per heavy atom. The van der Waals surface area contributed by atoms with Crippen LogP contribution in [0.15, 0.2) is 21.4 Å². The first-order valence-electron chi connectivity index (χ1n) is 5.23. The smallest absolute Gasteiger partial charge is 0.169 e. The molecule has 0 aromatic carbocycles. The van der Waals surface area contributed by atoms with Gasteiger partial charge in [0.05, 0.1) is 6.26 Å². The predicted molar refractivity (Wildman–Crippen MR) is 68.2 cm³/mol. The number of halogens is 2. The summed E-state index contributed by atoms with van der Waals surface area (Å²) in [6.45, 7) is 4.51. The van der Waals surface area contributed by atoms with Gasteiger partial charge in [0.15, 0.2) is 4.67 Å². The van der Waals surface area contributed by atoms with Gasteiger partial charge in [-0.05, 0) is 47.8 Å². The van der Waals surface area contributed by atoms with Gasteiger partial charge < -0.3 is 4.42 Å². The number of hydrogen-bond acceptors (Lipinski definition) is 2. The molecule has 1 aliphatic heterocycles. The second-order valence-electron chi connectivity index (χ2n) is 4.17. The van der Waals surface area contributed by atoms with Crippen molar-refractivity contribution in [2.24, 2.45) is 5.92 Å². The van der Waals surface area contributed by atoms with Gasteiger partial charge in [-0.25, -0.2) is 0 Å². The Morgan fingerprint density at radius 3 is 2.93 bits per heavy atom. The van der Waals surface area contributed by atoms with Crippen LogP contribution < -0.4 is 0 Å². The number of furan rings is 1. The molecule has 0 amide bonds. The molecule has 1 aliphatic rings. The van der Waals surface area contributed by atoms with Crippen LogP contribution in [0.25, 0.3) is 0 Å². The van der Waals surface area contributed by atoms with E-state index in [0.717, 1.165) is 22.5 Å². The number of rotatable bonds is 3. The molecule has 0 bridgehead atoms. The topological polar surface area (TPSA) is 16.4 Å². The van der Waals surface area contributed by atoms with E-state index < -0.39 is 0 Å². The predicted octanol–water partition coefficient (Wildman–Crippen LogP) is 3.65. The van der Waals surface area contributed by atoms with Crippen molar-refractivity contribution in [2.45, 2.75) is 25.9 Å². The molecule has 1 saturated heterocycles. The van der Waals surface area contributed by atoms with Crippen LogP contribution in [-0.2, 0) is 6.54 Å². The summed E-state index contributed by atoms with van der Waals surface area (Å²) < 4.78 is 6.06. The summed E-state index contributed by atoms with van der Waals surface area (Å²) in [6, 6.07) is 2.71. The average molecular weight is 337 g/mol. The standard InChI is InChI=1S/C11H15Br2NO/c1-8-10(5-12)2-3-14(8)6-9-4-11(13)15-7-9/h4,7-8,10H,2-3,5-6H2,1H3. The third kappa shape index (κ3) is 2.66. The quantitative estimate of drug-likeness (QED) is 0.783. The van der Waals surface area contributed by atoms with Gasteiger partial charge in [-0.3, -0.25) is 4.90 Å². The Balaban J connectivity index is 1.96. The first kappa shape index (κ1) is 11.7. The molecular weight excluding hydrogens is 322 g/mol. The molecule has 1 fully saturated rings. The summed E-state index contributed by atoms with van der Waals surface area (Å²) in [4.78, 5) is 2.52. The van der Waals surface area contributed by atoms with Crippen LogP contribution in [0, 0.1) is 5.92 Å². The minimum absolute atomic E-state index is 0.665. The number of nitrogens with zero attached hydrogens (tertiary/aromatic N) is 1. The minimum atomic E-state index is 0.665. The van der Waals surface area contributed by atoms with E-state index in [1.54, 1.807) is 0 Å². The highest BCUT2D eigenvalue weighted by Crippen LogP contribution is 2.27. The van der Waals surface area contributed by atoms with Gasteiger partial charge in [-0.1, -0.05) is 15.9 Å². The molecule has 84 valence electrons. The van der Waals surface area contributed by atoms with Crippen molar-refractivity contribution in [1.82, 2.24) is 4.90 Å². The van der Waals surface area contributed by atoms with Gasteiger partial charge in [0, 0.05) is 23.5 Å². The molecular formula is C11H15Br2NO. The van der Waals surface area contributed by atoms with Crippen LogP contribution in [0.2, 0.25) is 0 Å². The lowest BCUT2D eigenvalue weighted by molar-refractivity contribution is 0.240. The van der Waals surface area contributed by atoms with Crippen LogP contribution >= 0.6 is 31.9 Å². The summed E-state index contributed by atoms with van der Waals surface area (Å²) in [6.07, 6.45) is 3.13. The van der Waals surface area contributed by atoms with Gasteiger partial charge >= 0.3 is 0 Å². The maximum atomic E-state index is 5.24. The van der Waals surface area contributed by atoms with E-state index in [1.165, 1.54) is 18.5 Å². The summed E-state index contributed by atoms with van der Waals surface area (Å²) in [5.41, 5.74) is 1.25. The highest BCUT2D eigenvalue weighted by atomic mass is 79.9. The minimum Gasteiger partial charge on any atom is -0.457 e. The molecule has 4 heteroatoms. The van der Waals surface area contributed by atoms with Gasteiger partial charge in [0.1, 0.15) is 0 Å². The fraction of sp³-hybridized carbons (Fsp3) is 0.636. The molecule has 2 rings (SSSR count). The summed E-state index contributed by atoms with van der Waals surface area (Å²) in [7, 11) is 0. The summed E-state index contributed by atoms with van der Waals surface area (Å²) in [5.74, 6) is 0.792. The number of alkyl halides is 1. The van der Waals surface area contributed by atoms with Crippen molar-refractivity contribution in [3.05, 3.63) is 22.6 Å². The van der Waals surface area contributed by atoms with Gasteiger partial charge in [0.25, 0.3) is 0 Å². The second-order valence-corrected chi connectivity index (χ2v) is 5.60. The molecule has 2 heterocycles. The summed E-state index contributed by atoms with van der Waals surface area (Å²) >= 11 is 6.91.